The second-order valence-electron chi connectivity index (χ2n) is 3.79. The van der Waals surface area contributed by atoms with Crippen LogP contribution in [-0.2, 0) is 9.84 Å². The van der Waals surface area contributed by atoms with Gasteiger partial charge in [0, 0.05) is 5.41 Å². The predicted molar refractivity (Wildman–Crippen MR) is 68.8 cm³/mol. The van der Waals surface area contributed by atoms with Gasteiger partial charge in [-0.25, -0.2) is 8.42 Å². The van der Waals surface area contributed by atoms with Crippen molar-refractivity contribution < 1.29 is 8.42 Å². The Morgan fingerprint density at radius 2 is 1.81 bits per heavy atom. The Kier molecular flexibility index (Phi) is 5.26. The lowest BCUT2D eigenvalue weighted by atomic mass is 10.2. The molecule has 0 heterocycles. The molecule has 1 rings (SSSR count). The first-order valence-electron chi connectivity index (χ1n) is 5.60. The molecule has 0 fully saturated rings. The molecule has 1 aromatic carbocycles. The Hall–Kier alpha value is -1.09. The van der Waals surface area contributed by atoms with Crippen molar-refractivity contribution in [1.29, 1.82) is 0 Å². The summed E-state index contributed by atoms with van der Waals surface area (Å²) in [4.78, 5) is 0. The molecule has 0 atom stereocenters. The first-order valence-corrected chi connectivity index (χ1v) is 7.31. The van der Waals surface area contributed by atoms with Crippen molar-refractivity contribution in [2.24, 2.45) is 0 Å². The highest BCUT2D eigenvalue weighted by molar-refractivity contribution is 7.94. The molecule has 0 radical (unpaired) electrons. The van der Waals surface area contributed by atoms with Crippen molar-refractivity contribution in [3.8, 4) is 0 Å². The molecule has 0 aliphatic heterocycles. The van der Waals surface area contributed by atoms with E-state index >= 15 is 0 Å². The summed E-state index contributed by atoms with van der Waals surface area (Å²) in [5, 5.41) is 1.32. The average Bonchev–Trinajstić information content (AvgIpc) is 2.28. The fraction of sp³-hybridized carbons (Fsp3) is 0.385. The molecule has 0 unspecified atom stereocenters. The maximum atomic E-state index is 11.6. The van der Waals surface area contributed by atoms with Crippen LogP contribution < -0.4 is 0 Å². The number of benzene rings is 1. The van der Waals surface area contributed by atoms with E-state index in [-0.39, 0.29) is 5.75 Å². The van der Waals surface area contributed by atoms with Crippen LogP contribution in [0, 0.1) is 0 Å². The van der Waals surface area contributed by atoms with Gasteiger partial charge in [0.2, 0.25) is 0 Å². The fourth-order valence-corrected chi connectivity index (χ4v) is 2.47. The summed E-state index contributed by atoms with van der Waals surface area (Å²) in [6.45, 7) is 2.06. The number of rotatable bonds is 6. The summed E-state index contributed by atoms with van der Waals surface area (Å²) in [5.41, 5.74) is 0.918. The summed E-state index contributed by atoms with van der Waals surface area (Å²) >= 11 is 0. The SMILES string of the molecule is CCCCCS(=O)(=O)C=Cc1ccccc1. The maximum Gasteiger partial charge on any atom is 0.171 e. The first-order chi connectivity index (χ1) is 7.64. The van der Waals surface area contributed by atoms with E-state index in [9.17, 15) is 8.42 Å². The molecule has 0 aliphatic carbocycles. The van der Waals surface area contributed by atoms with Gasteiger partial charge in [-0.1, -0.05) is 50.1 Å². The molecular weight excluding hydrogens is 220 g/mol. The molecule has 3 heteroatoms. The lowest BCUT2D eigenvalue weighted by Crippen LogP contribution is -2.01. The lowest BCUT2D eigenvalue weighted by molar-refractivity contribution is 0.599. The Bertz CT molecular complexity index is 419. The van der Waals surface area contributed by atoms with Gasteiger partial charge in [-0.15, -0.1) is 0 Å². The number of unbranched alkanes of at least 4 members (excludes halogenated alkanes) is 2. The van der Waals surface area contributed by atoms with Crippen molar-refractivity contribution in [1.82, 2.24) is 0 Å². The predicted octanol–water partition coefficient (Wildman–Crippen LogP) is 3.26. The van der Waals surface area contributed by atoms with E-state index in [4.69, 9.17) is 0 Å². The molecular formula is C13H18O2S. The summed E-state index contributed by atoms with van der Waals surface area (Å²) in [6.07, 6.45) is 4.41. The van der Waals surface area contributed by atoms with E-state index in [0.29, 0.717) is 0 Å². The van der Waals surface area contributed by atoms with Crippen LogP contribution in [0.5, 0.6) is 0 Å². The maximum absolute atomic E-state index is 11.6. The Morgan fingerprint density at radius 1 is 1.12 bits per heavy atom. The van der Waals surface area contributed by atoms with Gasteiger partial charge in [0.25, 0.3) is 0 Å². The van der Waals surface area contributed by atoms with Crippen molar-refractivity contribution in [3.05, 3.63) is 41.3 Å². The van der Waals surface area contributed by atoms with Gasteiger partial charge in [-0.3, -0.25) is 0 Å². The summed E-state index contributed by atoms with van der Waals surface area (Å²) in [6, 6.07) is 9.47. The zero-order valence-corrected chi connectivity index (χ0v) is 10.4. The van der Waals surface area contributed by atoms with Gasteiger partial charge >= 0.3 is 0 Å². The third-order valence-corrected chi connectivity index (χ3v) is 3.71. The monoisotopic (exact) mass is 238 g/mol. The largest absolute Gasteiger partial charge is 0.224 e. The number of hydrogen-bond acceptors (Lipinski definition) is 2. The highest BCUT2D eigenvalue weighted by atomic mass is 32.2. The number of sulfone groups is 1. The fourth-order valence-electron chi connectivity index (χ4n) is 1.37. The molecule has 1 aromatic rings. The third kappa shape index (κ3) is 5.12. The molecule has 0 N–H and O–H groups in total. The van der Waals surface area contributed by atoms with Crippen molar-refractivity contribution in [2.75, 3.05) is 5.75 Å². The molecule has 2 nitrogen and oxygen atoms in total. The van der Waals surface area contributed by atoms with Crippen LogP contribution in [0.4, 0.5) is 0 Å². The van der Waals surface area contributed by atoms with E-state index in [1.54, 1.807) is 6.08 Å². The molecule has 0 amide bonds. The van der Waals surface area contributed by atoms with Gasteiger partial charge in [0.05, 0.1) is 5.75 Å². The van der Waals surface area contributed by atoms with E-state index in [1.807, 2.05) is 30.3 Å². The standard InChI is InChI=1S/C13H18O2S/c1-2-3-7-11-16(14,15)12-10-13-8-5-4-6-9-13/h4-6,8-10,12H,2-3,7,11H2,1H3. The summed E-state index contributed by atoms with van der Waals surface area (Å²) < 4.78 is 23.2. The second-order valence-corrected chi connectivity index (χ2v) is 5.79. The van der Waals surface area contributed by atoms with Crippen LogP contribution in [0.15, 0.2) is 35.7 Å². The topological polar surface area (TPSA) is 34.1 Å². The quantitative estimate of drug-likeness (QED) is 0.713. The Balaban J connectivity index is 2.56. The van der Waals surface area contributed by atoms with Crippen molar-refractivity contribution >= 4 is 15.9 Å². The highest BCUT2D eigenvalue weighted by Crippen LogP contribution is 2.06. The molecule has 16 heavy (non-hydrogen) atoms. The van der Waals surface area contributed by atoms with E-state index in [1.165, 1.54) is 5.41 Å². The van der Waals surface area contributed by atoms with Crippen LogP contribution in [0.3, 0.4) is 0 Å². The summed E-state index contributed by atoms with van der Waals surface area (Å²) in [5.74, 6) is 0.254. The van der Waals surface area contributed by atoms with Crippen molar-refractivity contribution in [3.63, 3.8) is 0 Å². The van der Waals surface area contributed by atoms with Crippen LogP contribution in [0.1, 0.15) is 31.7 Å². The van der Waals surface area contributed by atoms with Crippen molar-refractivity contribution in [2.45, 2.75) is 26.2 Å². The van der Waals surface area contributed by atoms with Crippen LogP contribution in [0.2, 0.25) is 0 Å². The molecule has 0 bridgehead atoms. The Morgan fingerprint density at radius 3 is 2.44 bits per heavy atom. The summed E-state index contributed by atoms with van der Waals surface area (Å²) in [7, 11) is -3.03. The van der Waals surface area contributed by atoms with Gasteiger partial charge in [0.15, 0.2) is 9.84 Å². The Labute approximate surface area is 97.9 Å². The molecule has 0 saturated heterocycles. The van der Waals surface area contributed by atoms with Crippen LogP contribution in [0.25, 0.3) is 6.08 Å². The van der Waals surface area contributed by atoms with Gasteiger partial charge in [-0.05, 0) is 18.1 Å². The van der Waals surface area contributed by atoms with E-state index in [2.05, 4.69) is 6.92 Å². The zero-order chi connectivity index (χ0) is 11.9. The lowest BCUT2D eigenvalue weighted by Gasteiger charge is -1.97. The molecule has 0 aromatic heterocycles. The minimum atomic E-state index is -3.03. The van der Waals surface area contributed by atoms with Gasteiger partial charge in [0.1, 0.15) is 0 Å². The normalized spacial score (nSPS) is 12.1. The minimum absolute atomic E-state index is 0.254. The first kappa shape index (κ1) is 13.0. The van der Waals surface area contributed by atoms with Gasteiger partial charge < -0.3 is 0 Å². The molecule has 0 aliphatic rings. The average molecular weight is 238 g/mol. The minimum Gasteiger partial charge on any atom is -0.224 e. The second kappa shape index (κ2) is 6.48. The zero-order valence-electron chi connectivity index (χ0n) is 9.59. The molecule has 88 valence electrons. The highest BCUT2D eigenvalue weighted by Gasteiger charge is 2.04. The van der Waals surface area contributed by atoms with E-state index in [0.717, 1.165) is 24.8 Å². The van der Waals surface area contributed by atoms with Gasteiger partial charge in [-0.2, -0.15) is 0 Å². The van der Waals surface area contributed by atoms with E-state index < -0.39 is 9.84 Å². The number of hydrogen-bond donors (Lipinski definition) is 0. The molecule has 0 spiro atoms. The smallest absolute Gasteiger partial charge is 0.171 e. The van der Waals surface area contributed by atoms with Crippen LogP contribution >= 0.6 is 0 Å². The molecule has 0 saturated carbocycles. The van der Waals surface area contributed by atoms with Crippen LogP contribution in [-0.4, -0.2) is 14.2 Å². The third-order valence-electron chi connectivity index (χ3n) is 2.30.